The Bertz CT molecular complexity index is 760. The molecule has 4 rings (SSSR count). The predicted octanol–water partition coefficient (Wildman–Crippen LogP) is 0.481. The van der Waals surface area contributed by atoms with Crippen LogP contribution in [0.4, 0.5) is 4.79 Å². The van der Waals surface area contributed by atoms with Gasteiger partial charge in [-0.1, -0.05) is 24.3 Å². The van der Waals surface area contributed by atoms with Crippen LogP contribution in [0.1, 0.15) is 36.9 Å². The molecule has 1 aromatic rings. The van der Waals surface area contributed by atoms with Crippen LogP contribution in [0.15, 0.2) is 24.3 Å². The molecule has 7 nitrogen and oxygen atoms in total. The largest absolute Gasteiger partial charge is 0.390 e. The summed E-state index contributed by atoms with van der Waals surface area (Å²) in [4.78, 5) is 38.1. The molecule has 1 saturated carbocycles. The van der Waals surface area contributed by atoms with Gasteiger partial charge in [-0.15, -0.1) is 0 Å². The standard InChI is InChI=1S/C18H21N3O4/c1-18(11-6-7-11)16(24)21(17(25)20-18)9-14(23)19-15-12-5-3-2-4-10(12)8-13(15)22/h2-5,11,13,15,22H,6-9H2,1H3,(H,19,23)(H,20,25)/t13-,15+,18?/m0/s1. The lowest BCUT2D eigenvalue weighted by molar-refractivity contribution is -0.135. The van der Waals surface area contributed by atoms with Crippen LogP contribution < -0.4 is 10.6 Å². The van der Waals surface area contributed by atoms with E-state index in [0.29, 0.717) is 6.42 Å². The van der Waals surface area contributed by atoms with Crippen LogP contribution in [0.25, 0.3) is 0 Å². The zero-order valence-electron chi connectivity index (χ0n) is 14.0. The van der Waals surface area contributed by atoms with Gasteiger partial charge in [0.25, 0.3) is 5.91 Å². The number of benzene rings is 1. The number of carbonyl (C=O) groups excluding carboxylic acids is 3. The minimum Gasteiger partial charge on any atom is -0.390 e. The number of nitrogens with zero attached hydrogens (tertiary/aromatic N) is 1. The second-order valence-electron chi connectivity index (χ2n) is 7.31. The maximum absolute atomic E-state index is 12.6. The van der Waals surface area contributed by atoms with E-state index in [0.717, 1.165) is 28.9 Å². The number of rotatable bonds is 4. The first-order valence-electron chi connectivity index (χ1n) is 8.59. The average molecular weight is 343 g/mol. The molecule has 0 bridgehead atoms. The number of nitrogens with one attached hydrogen (secondary N) is 2. The number of aliphatic hydroxyl groups is 1. The molecule has 2 aliphatic carbocycles. The van der Waals surface area contributed by atoms with Gasteiger partial charge in [0.15, 0.2) is 0 Å². The van der Waals surface area contributed by atoms with E-state index in [1.54, 1.807) is 6.92 Å². The van der Waals surface area contributed by atoms with E-state index in [-0.39, 0.29) is 18.4 Å². The van der Waals surface area contributed by atoms with Crippen LogP contribution in [0.5, 0.6) is 0 Å². The lowest BCUT2D eigenvalue weighted by atomic mass is 9.96. The third-order valence-electron chi connectivity index (χ3n) is 5.52. The fraction of sp³-hybridized carbons (Fsp3) is 0.500. The summed E-state index contributed by atoms with van der Waals surface area (Å²) in [5, 5.41) is 15.7. The number of urea groups is 1. The first-order chi connectivity index (χ1) is 11.9. The molecule has 132 valence electrons. The van der Waals surface area contributed by atoms with E-state index in [4.69, 9.17) is 0 Å². The monoisotopic (exact) mass is 343 g/mol. The molecule has 0 aromatic heterocycles. The van der Waals surface area contributed by atoms with E-state index in [1.807, 2.05) is 24.3 Å². The number of hydrogen-bond acceptors (Lipinski definition) is 4. The molecular weight excluding hydrogens is 322 g/mol. The van der Waals surface area contributed by atoms with Crippen molar-refractivity contribution in [2.75, 3.05) is 6.54 Å². The Hall–Kier alpha value is -2.41. The number of aliphatic hydroxyl groups excluding tert-OH is 1. The molecule has 2 fully saturated rings. The molecule has 1 heterocycles. The van der Waals surface area contributed by atoms with Crippen molar-refractivity contribution in [3.63, 3.8) is 0 Å². The molecule has 4 amide bonds. The van der Waals surface area contributed by atoms with E-state index < -0.39 is 29.6 Å². The van der Waals surface area contributed by atoms with Crippen molar-refractivity contribution in [1.29, 1.82) is 0 Å². The molecular formula is C18H21N3O4. The molecule has 3 aliphatic rings. The summed E-state index contributed by atoms with van der Waals surface area (Å²) in [6.07, 6.45) is 1.59. The summed E-state index contributed by atoms with van der Waals surface area (Å²) in [5.74, 6) is -0.646. The number of hydrogen-bond donors (Lipinski definition) is 3. The van der Waals surface area contributed by atoms with Gasteiger partial charge in [0.2, 0.25) is 5.91 Å². The highest BCUT2D eigenvalue weighted by molar-refractivity contribution is 6.09. The summed E-state index contributed by atoms with van der Waals surface area (Å²) in [6.45, 7) is 1.39. The van der Waals surface area contributed by atoms with Gasteiger partial charge in [-0.25, -0.2) is 4.79 Å². The van der Waals surface area contributed by atoms with Crippen LogP contribution in [-0.4, -0.2) is 46.0 Å². The SMILES string of the molecule is CC1(C2CC2)NC(=O)N(CC(=O)N[C@@H]2c3ccccc3C[C@@H]2O)C1=O. The second-order valence-corrected chi connectivity index (χ2v) is 7.31. The molecule has 1 unspecified atom stereocenters. The molecule has 1 aromatic carbocycles. The van der Waals surface area contributed by atoms with Crippen molar-refractivity contribution in [1.82, 2.24) is 15.5 Å². The Balaban J connectivity index is 1.44. The third kappa shape index (κ3) is 2.59. The normalized spacial score (nSPS) is 31.0. The fourth-order valence-corrected chi connectivity index (χ4v) is 3.91. The van der Waals surface area contributed by atoms with Crippen LogP contribution in [0, 0.1) is 5.92 Å². The summed E-state index contributed by atoms with van der Waals surface area (Å²) >= 11 is 0. The van der Waals surface area contributed by atoms with Crippen LogP contribution in [-0.2, 0) is 16.0 Å². The predicted molar refractivity (Wildman–Crippen MR) is 88.4 cm³/mol. The highest BCUT2D eigenvalue weighted by atomic mass is 16.3. The maximum Gasteiger partial charge on any atom is 0.325 e. The second kappa shape index (κ2) is 5.56. The van der Waals surface area contributed by atoms with Gasteiger partial charge in [0.1, 0.15) is 12.1 Å². The summed E-state index contributed by atoms with van der Waals surface area (Å²) < 4.78 is 0. The van der Waals surface area contributed by atoms with Crippen molar-refractivity contribution in [2.24, 2.45) is 5.92 Å². The molecule has 7 heteroatoms. The highest BCUT2D eigenvalue weighted by Gasteiger charge is 2.56. The van der Waals surface area contributed by atoms with Gasteiger partial charge in [-0.05, 0) is 36.8 Å². The molecule has 3 N–H and O–H groups in total. The number of fused-ring (bicyclic) bond motifs is 1. The van der Waals surface area contributed by atoms with Gasteiger partial charge in [-0.3, -0.25) is 14.5 Å². The molecule has 25 heavy (non-hydrogen) atoms. The first-order valence-corrected chi connectivity index (χ1v) is 8.59. The van der Waals surface area contributed by atoms with Crippen molar-refractivity contribution >= 4 is 17.8 Å². The van der Waals surface area contributed by atoms with E-state index in [1.165, 1.54) is 0 Å². The minimum atomic E-state index is -0.892. The lowest BCUT2D eigenvalue weighted by Gasteiger charge is -2.22. The number of amides is 4. The third-order valence-corrected chi connectivity index (χ3v) is 5.52. The molecule has 3 atom stereocenters. The smallest absolute Gasteiger partial charge is 0.325 e. The lowest BCUT2D eigenvalue weighted by Crippen LogP contribution is -2.47. The first kappa shape index (κ1) is 16.1. The molecule has 0 radical (unpaired) electrons. The summed E-state index contributed by atoms with van der Waals surface area (Å²) in [6, 6.07) is 6.50. The van der Waals surface area contributed by atoms with Gasteiger partial charge in [-0.2, -0.15) is 0 Å². The van der Waals surface area contributed by atoms with Gasteiger partial charge < -0.3 is 15.7 Å². The Morgan fingerprint density at radius 1 is 1.36 bits per heavy atom. The van der Waals surface area contributed by atoms with Crippen LogP contribution in [0.2, 0.25) is 0 Å². The quantitative estimate of drug-likeness (QED) is 0.693. The van der Waals surface area contributed by atoms with Crippen molar-refractivity contribution in [3.8, 4) is 0 Å². The molecule has 1 saturated heterocycles. The zero-order chi connectivity index (χ0) is 17.8. The van der Waals surface area contributed by atoms with E-state index in [9.17, 15) is 19.5 Å². The molecule has 1 aliphatic heterocycles. The zero-order valence-corrected chi connectivity index (χ0v) is 14.0. The Labute approximate surface area is 145 Å². The van der Waals surface area contributed by atoms with Crippen molar-refractivity contribution in [3.05, 3.63) is 35.4 Å². The van der Waals surface area contributed by atoms with Crippen LogP contribution in [0.3, 0.4) is 0 Å². The van der Waals surface area contributed by atoms with Crippen molar-refractivity contribution < 1.29 is 19.5 Å². The summed E-state index contributed by atoms with van der Waals surface area (Å²) in [5.41, 5.74) is 0.983. The topological polar surface area (TPSA) is 98.7 Å². The average Bonchev–Trinajstić information content (AvgIpc) is 3.35. The Morgan fingerprint density at radius 3 is 2.80 bits per heavy atom. The Morgan fingerprint density at radius 2 is 2.08 bits per heavy atom. The number of imide groups is 1. The number of carbonyl (C=O) groups is 3. The highest BCUT2D eigenvalue weighted by Crippen LogP contribution is 2.42. The minimum absolute atomic E-state index is 0.153. The van der Waals surface area contributed by atoms with Gasteiger partial charge in [0.05, 0.1) is 12.1 Å². The van der Waals surface area contributed by atoms with Gasteiger partial charge in [0, 0.05) is 6.42 Å². The van der Waals surface area contributed by atoms with E-state index >= 15 is 0 Å². The Kier molecular flexibility index (Phi) is 3.57. The van der Waals surface area contributed by atoms with E-state index in [2.05, 4.69) is 10.6 Å². The molecule has 0 spiro atoms. The van der Waals surface area contributed by atoms with Crippen LogP contribution >= 0.6 is 0 Å². The summed E-state index contributed by atoms with van der Waals surface area (Å²) in [7, 11) is 0. The van der Waals surface area contributed by atoms with Crippen molar-refractivity contribution in [2.45, 2.75) is 43.9 Å². The van der Waals surface area contributed by atoms with Gasteiger partial charge >= 0.3 is 6.03 Å². The maximum atomic E-state index is 12.6. The fourth-order valence-electron chi connectivity index (χ4n) is 3.91.